The number of hydrogen-bond acceptors (Lipinski definition) is 7. The first-order valence-electron chi connectivity index (χ1n) is 6.63. The minimum Gasteiger partial charge on any atom is -0.478 e. The minimum absolute atomic E-state index is 0.0342. The lowest BCUT2D eigenvalue weighted by atomic mass is 10.1. The van der Waals surface area contributed by atoms with Gasteiger partial charge in [-0.15, -0.1) is 5.10 Å². The molecule has 0 unspecified atom stereocenters. The molecule has 0 radical (unpaired) electrons. The molecule has 10 heteroatoms. The lowest BCUT2D eigenvalue weighted by Crippen LogP contribution is -2.03. The van der Waals surface area contributed by atoms with Gasteiger partial charge in [-0.2, -0.15) is 0 Å². The Kier molecular flexibility index (Phi) is 3.81. The fraction of sp³-hybridized carbons (Fsp3) is 0.0714. The first-order valence-corrected chi connectivity index (χ1v) is 8.52. The smallest absolute Gasteiger partial charge is 0.335 e. The molecular formula is C14H11N5O4S. The van der Waals surface area contributed by atoms with E-state index in [0.29, 0.717) is 16.9 Å². The fourth-order valence-electron chi connectivity index (χ4n) is 2.06. The van der Waals surface area contributed by atoms with Gasteiger partial charge in [0, 0.05) is 18.0 Å². The van der Waals surface area contributed by atoms with Gasteiger partial charge in [-0.3, -0.25) is 4.98 Å². The molecule has 0 atom stereocenters. The van der Waals surface area contributed by atoms with Crippen LogP contribution < -0.4 is 0 Å². The summed E-state index contributed by atoms with van der Waals surface area (Å²) in [5.74, 6) is -1.11. The van der Waals surface area contributed by atoms with Crippen molar-refractivity contribution in [3.63, 3.8) is 0 Å². The van der Waals surface area contributed by atoms with Crippen LogP contribution in [0.25, 0.3) is 16.9 Å². The van der Waals surface area contributed by atoms with E-state index in [1.54, 1.807) is 6.07 Å². The highest BCUT2D eigenvalue weighted by molar-refractivity contribution is 7.90. The molecular weight excluding hydrogens is 334 g/mol. The minimum atomic E-state index is -3.35. The molecule has 0 aliphatic carbocycles. The summed E-state index contributed by atoms with van der Waals surface area (Å²) < 4.78 is 24.3. The Morgan fingerprint density at radius 1 is 1.21 bits per heavy atom. The molecule has 3 rings (SSSR count). The molecule has 1 aromatic carbocycles. The van der Waals surface area contributed by atoms with Crippen LogP contribution in [0.4, 0.5) is 0 Å². The number of tetrazole rings is 1. The lowest BCUT2D eigenvalue weighted by Gasteiger charge is -2.07. The van der Waals surface area contributed by atoms with Gasteiger partial charge in [0.1, 0.15) is 6.33 Å². The summed E-state index contributed by atoms with van der Waals surface area (Å²) >= 11 is 0. The third-order valence-corrected chi connectivity index (χ3v) is 4.34. The van der Waals surface area contributed by atoms with Crippen molar-refractivity contribution in [3.05, 3.63) is 48.4 Å². The van der Waals surface area contributed by atoms with Gasteiger partial charge in [-0.1, -0.05) is 0 Å². The van der Waals surface area contributed by atoms with Crippen LogP contribution in [0, 0.1) is 0 Å². The van der Waals surface area contributed by atoms with E-state index in [-0.39, 0.29) is 10.5 Å². The number of nitrogens with zero attached hydrogens (tertiary/aromatic N) is 5. The molecule has 0 spiro atoms. The highest BCUT2D eigenvalue weighted by atomic mass is 32.2. The van der Waals surface area contributed by atoms with E-state index < -0.39 is 15.8 Å². The van der Waals surface area contributed by atoms with E-state index in [9.17, 15) is 18.3 Å². The zero-order valence-electron chi connectivity index (χ0n) is 12.4. The number of rotatable bonds is 4. The van der Waals surface area contributed by atoms with E-state index in [1.807, 2.05) is 0 Å². The second-order valence-electron chi connectivity index (χ2n) is 4.98. The van der Waals surface area contributed by atoms with E-state index in [2.05, 4.69) is 20.5 Å². The summed E-state index contributed by atoms with van der Waals surface area (Å²) in [6, 6.07) is 7.46. The highest BCUT2D eigenvalue weighted by Crippen LogP contribution is 2.23. The first-order chi connectivity index (χ1) is 11.3. The maximum Gasteiger partial charge on any atom is 0.335 e. The summed E-state index contributed by atoms with van der Waals surface area (Å²) in [5.41, 5.74) is 1.41. The normalized spacial score (nSPS) is 11.4. The molecule has 1 N–H and O–H groups in total. The average molecular weight is 345 g/mol. The molecule has 24 heavy (non-hydrogen) atoms. The molecule has 2 aromatic heterocycles. The number of benzene rings is 1. The Hall–Kier alpha value is -3.14. The van der Waals surface area contributed by atoms with Gasteiger partial charge in [0.15, 0.2) is 9.84 Å². The summed E-state index contributed by atoms with van der Waals surface area (Å²) in [6.45, 7) is 0. The molecule has 2 heterocycles. The summed E-state index contributed by atoms with van der Waals surface area (Å²) in [5, 5.41) is 20.0. The average Bonchev–Trinajstić information content (AvgIpc) is 3.08. The summed E-state index contributed by atoms with van der Waals surface area (Å²) in [6.07, 6.45) is 3.66. The number of carbonyl (C=O) groups is 1. The van der Waals surface area contributed by atoms with Crippen LogP contribution in [-0.2, 0) is 9.84 Å². The van der Waals surface area contributed by atoms with E-state index in [0.717, 1.165) is 6.26 Å². The number of aromatic nitrogens is 5. The maximum atomic E-state index is 11.5. The van der Waals surface area contributed by atoms with E-state index >= 15 is 0 Å². The van der Waals surface area contributed by atoms with Gasteiger partial charge in [-0.25, -0.2) is 17.9 Å². The molecule has 0 amide bonds. The quantitative estimate of drug-likeness (QED) is 0.736. The molecule has 0 aliphatic heterocycles. The van der Waals surface area contributed by atoms with Crippen molar-refractivity contribution in [1.82, 2.24) is 25.2 Å². The zero-order chi connectivity index (χ0) is 17.3. The second-order valence-corrected chi connectivity index (χ2v) is 7.00. The Morgan fingerprint density at radius 2 is 2.00 bits per heavy atom. The molecule has 0 bridgehead atoms. The number of carboxylic acids is 1. The van der Waals surface area contributed by atoms with Gasteiger partial charge in [-0.05, 0) is 40.8 Å². The second kappa shape index (κ2) is 5.81. The summed E-state index contributed by atoms with van der Waals surface area (Å²) in [7, 11) is -3.35. The number of hydrogen-bond donors (Lipinski definition) is 1. The van der Waals surface area contributed by atoms with Gasteiger partial charge in [0.25, 0.3) is 0 Å². The van der Waals surface area contributed by atoms with Gasteiger partial charge >= 0.3 is 5.97 Å². The molecule has 0 aliphatic rings. The van der Waals surface area contributed by atoms with Crippen LogP contribution in [0.1, 0.15) is 10.4 Å². The van der Waals surface area contributed by atoms with Crippen LogP contribution in [0.5, 0.6) is 0 Å². The topological polar surface area (TPSA) is 128 Å². The first kappa shape index (κ1) is 15.7. The number of carboxylic acid groups (broad SMARTS) is 1. The van der Waals surface area contributed by atoms with Crippen molar-refractivity contribution in [2.24, 2.45) is 0 Å². The van der Waals surface area contributed by atoms with Crippen LogP contribution in [0.15, 0.2) is 47.8 Å². The van der Waals surface area contributed by atoms with Crippen molar-refractivity contribution in [1.29, 1.82) is 0 Å². The molecule has 3 aromatic rings. The van der Waals surface area contributed by atoms with Crippen molar-refractivity contribution < 1.29 is 18.3 Å². The molecule has 122 valence electrons. The number of sulfone groups is 1. The zero-order valence-corrected chi connectivity index (χ0v) is 13.2. The fourth-order valence-corrected chi connectivity index (χ4v) is 2.62. The Bertz CT molecular complexity index is 998. The van der Waals surface area contributed by atoms with Gasteiger partial charge < -0.3 is 5.11 Å². The molecule has 0 fully saturated rings. The van der Waals surface area contributed by atoms with Crippen molar-refractivity contribution in [2.75, 3.05) is 6.26 Å². The third kappa shape index (κ3) is 3.13. The molecule has 0 saturated heterocycles. The predicted octanol–water partition coefficient (Wildman–Crippen LogP) is 0.826. The SMILES string of the molecule is CS(=O)(=O)c1ccc(-c2cc(C(=O)O)cc(-n3cnnn3)c2)nc1. The Balaban J connectivity index is 2.12. The summed E-state index contributed by atoms with van der Waals surface area (Å²) in [4.78, 5) is 15.5. The third-order valence-electron chi connectivity index (χ3n) is 3.24. The lowest BCUT2D eigenvalue weighted by molar-refractivity contribution is 0.0697. The van der Waals surface area contributed by atoms with Crippen molar-refractivity contribution in [2.45, 2.75) is 4.90 Å². The predicted molar refractivity (Wildman–Crippen MR) is 82.5 cm³/mol. The van der Waals surface area contributed by atoms with Crippen molar-refractivity contribution in [3.8, 4) is 16.9 Å². The number of aromatic carboxylic acids is 1. The van der Waals surface area contributed by atoms with Crippen LogP contribution in [0.2, 0.25) is 0 Å². The molecule has 0 saturated carbocycles. The monoisotopic (exact) mass is 345 g/mol. The van der Waals surface area contributed by atoms with Crippen LogP contribution >= 0.6 is 0 Å². The van der Waals surface area contributed by atoms with Gasteiger partial charge in [0.05, 0.1) is 21.8 Å². The van der Waals surface area contributed by atoms with Crippen LogP contribution in [-0.4, -0.2) is 50.9 Å². The number of pyridine rings is 1. The highest BCUT2D eigenvalue weighted by Gasteiger charge is 2.13. The van der Waals surface area contributed by atoms with Crippen molar-refractivity contribution >= 4 is 15.8 Å². The Labute approximate surface area is 136 Å². The van der Waals surface area contributed by atoms with E-state index in [4.69, 9.17) is 0 Å². The standard InChI is InChI=1S/C14H11N5O4S/c1-24(22,23)12-2-3-13(15-7-12)9-4-10(14(20)21)6-11(5-9)19-8-16-17-18-19/h2-8H,1H3,(H,20,21). The maximum absolute atomic E-state index is 11.5. The van der Waals surface area contributed by atoms with E-state index in [1.165, 1.54) is 41.5 Å². The van der Waals surface area contributed by atoms with Gasteiger partial charge in [0.2, 0.25) is 0 Å². The Morgan fingerprint density at radius 3 is 2.54 bits per heavy atom. The largest absolute Gasteiger partial charge is 0.478 e. The molecule has 9 nitrogen and oxygen atoms in total. The van der Waals surface area contributed by atoms with Crippen LogP contribution in [0.3, 0.4) is 0 Å².